The van der Waals surface area contributed by atoms with Crippen molar-refractivity contribution in [2.24, 2.45) is 5.41 Å². The maximum atomic E-state index is 10.8. The van der Waals surface area contributed by atoms with Gasteiger partial charge in [0.1, 0.15) is 0 Å². The van der Waals surface area contributed by atoms with Gasteiger partial charge < -0.3 is 10.0 Å². The SMILES string of the molecule is O=C(O)N1CCC2(CC1)Cn1ccc[n+]1C2. The number of carboxylic acid groups (broad SMARTS) is 1. The van der Waals surface area contributed by atoms with Crippen LogP contribution < -0.4 is 4.68 Å². The van der Waals surface area contributed by atoms with Gasteiger partial charge in [-0.2, -0.15) is 4.68 Å². The second kappa shape index (κ2) is 3.23. The lowest BCUT2D eigenvalue weighted by Crippen LogP contribution is -2.45. The normalized spacial score (nSPS) is 22.4. The summed E-state index contributed by atoms with van der Waals surface area (Å²) in [6.07, 6.45) is 5.37. The molecule has 3 rings (SSSR count). The molecular formula is C11H16N3O2+. The molecule has 1 aromatic heterocycles. The number of rotatable bonds is 0. The summed E-state index contributed by atoms with van der Waals surface area (Å²) >= 11 is 0. The van der Waals surface area contributed by atoms with E-state index in [1.807, 2.05) is 0 Å². The van der Waals surface area contributed by atoms with Crippen LogP contribution in [0.15, 0.2) is 18.5 Å². The average Bonchev–Trinajstić information content (AvgIpc) is 2.77. The van der Waals surface area contributed by atoms with Gasteiger partial charge in [0.05, 0.1) is 18.2 Å². The highest BCUT2D eigenvalue weighted by molar-refractivity contribution is 5.65. The summed E-state index contributed by atoms with van der Waals surface area (Å²) in [7, 11) is 0. The molecule has 0 radical (unpaired) electrons. The number of amides is 1. The van der Waals surface area contributed by atoms with Gasteiger partial charge in [0, 0.05) is 19.2 Å². The number of fused-ring (bicyclic) bond motifs is 1. The summed E-state index contributed by atoms with van der Waals surface area (Å²) in [6.45, 7) is 3.43. The van der Waals surface area contributed by atoms with E-state index in [1.54, 1.807) is 0 Å². The molecule has 3 heterocycles. The van der Waals surface area contributed by atoms with E-state index in [9.17, 15) is 4.79 Å². The Bertz CT molecular complexity index is 396. The molecule has 5 heteroatoms. The Hall–Kier alpha value is -1.52. The Morgan fingerprint density at radius 2 is 2.12 bits per heavy atom. The number of carbonyl (C=O) groups is 1. The summed E-state index contributed by atoms with van der Waals surface area (Å²) in [5.41, 5.74) is 0.299. The summed E-state index contributed by atoms with van der Waals surface area (Å²) in [4.78, 5) is 12.4. The van der Waals surface area contributed by atoms with Crippen LogP contribution in [-0.2, 0) is 13.1 Å². The molecule has 1 spiro atoms. The Morgan fingerprint density at radius 1 is 1.38 bits per heavy atom. The highest BCUT2D eigenvalue weighted by Gasteiger charge is 2.45. The first-order valence-corrected chi connectivity index (χ1v) is 5.71. The zero-order valence-corrected chi connectivity index (χ0v) is 9.17. The molecule has 0 unspecified atom stereocenters. The van der Waals surface area contributed by atoms with E-state index in [-0.39, 0.29) is 0 Å². The molecule has 1 aromatic rings. The first-order chi connectivity index (χ1) is 7.69. The van der Waals surface area contributed by atoms with Crippen LogP contribution >= 0.6 is 0 Å². The van der Waals surface area contributed by atoms with Gasteiger partial charge in [-0.1, -0.05) is 0 Å². The van der Waals surface area contributed by atoms with Gasteiger partial charge >= 0.3 is 6.09 Å². The van der Waals surface area contributed by atoms with Crippen LogP contribution in [0.3, 0.4) is 0 Å². The van der Waals surface area contributed by atoms with Crippen LogP contribution in [0.1, 0.15) is 12.8 Å². The monoisotopic (exact) mass is 222 g/mol. The average molecular weight is 222 g/mol. The van der Waals surface area contributed by atoms with Gasteiger partial charge in [-0.05, 0) is 12.8 Å². The molecule has 0 aliphatic carbocycles. The van der Waals surface area contributed by atoms with Crippen LogP contribution in [0.25, 0.3) is 0 Å². The number of hydrogen-bond donors (Lipinski definition) is 1. The third-order valence-corrected chi connectivity index (χ3v) is 3.94. The zero-order chi connectivity index (χ0) is 11.2. The van der Waals surface area contributed by atoms with Gasteiger partial charge in [0.25, 0.3) is 0 Å². The number of hydrogen-bond acceptors (Lipinski definition) is 1. The van der Waals surface area contributed by atoms with E-state index in [4.69, 9.17) is 5.11 Å². The van der Waals surface area contributed by atoms with Crippen LogP contribution in [0.5, 0.6) is 0 Å². The second-order valence-electron chi connectivity index (χ2n) is 4.96. The lowest BCUT2D eigenvalue weighted by molar-refractivity contribution is -0.763. The molecular weight excluding hydrogens is 206 g/mol. The van der Waals surface area contributed by atoms with E-state index in [1.165, 1.54) is 4.90 Å². The molecule has 1 saturated heterocycles. The highest BCUT2D eigenvalue weighted by atomic mass is 16.4. The minimum Gasteiger partial charge on any atom is -0.465 e. The third-order valence-electron chi connectivity index (χ3n) is 3.94. The van der Waals surface area contributed by atoms with Gasteiger partial charge in [-0.25, -0.2) is 4.79 Å². The topological polar surface area (TPSA) is 49.4 Å². The minimum atomic E-state index is -0.778. The first-order valence-electron chi connectivity index (χ1n) is 5.71. The molecule has 1 N–H and O–H groups in total. The fraction of sp³-hybridized carbons (Fsp3) is 0.636. The van der Waals surface area contributed by atoms with E-state index in [0.29, 0.717) is 18.5 Å². The van der Waals surface area contributed by atoms with Crippen molar-refractivity contribution < 1.29 is 14.6 Å². The molecule has 16 heavy (non-hydrogen) atoms. The van der Waals surface area contributed by atoms with Crippen molar-refractivity contribution in [1.29, 1.82) is 0 Å². The van der Waals surface area contributed by atoms with Crippen molar-refractivity contribution >= 4 is 6.09 Å². The minimum absolute atomic E-state index is 0.299. The van der Waals surface area contributed by atoms with Crippen molar-refractivity contribution in [2.75, 3.05) is 13.1 Å². The lowest BCUT2D eigenvalue weighted by Gasteiger charge is -2.34. The van der Waals surface area contributed by atoms with Crippen molar-refractivity contribution in [2.45, 2.75) is 25.9 Å². The summed E-state index contributed by atoms with van der Waals surface area (Å²) in [6, 6.07) is 2.05. The van der Waals surface area contributed by atoms with Gasteiger partial charge in [0.2, 0.25) is 0 Å². The number of piperidine rings is 1. The Kier molecular flexibility index (Phi) is 1.96. The summed E-state index contributed by atoms with van der Waals surface area (Å²) in [5, 5.41) is 8.92. The largest absolute Gasteiger partial charge is 0.465 e. The quantitative estimate of drug-likeness (QED) is 0.652. The third kappa shape index (κ3) is 1.38. The second-order valence-corrected chi connectivity index (χ2v) is 4.96. The van der Waals surface area contributed by atoms with Crippen molar-refractivity contribution in [3.8, 4) is 0 Å². The van der Waals surface area contributed by atoms with Gasteiger partial charge in [-0.15, -0.1) is 4.68 Å². The Balaban J connectivity index is 1.71. The highest BCUT2D eigenvalue weighted by Crippen LogP contribution is 2.36. The van der Waals surface area contributed by atoms with E-state index < -0.39 is 6.09 Å². The Morgan fingerprint density at radius 3 is 2.75 bits per heavy atom. The number of aromatic nitrogens is 2. The van der Waals surface area contributed by atoms with Crippen LogP contribution in [0.2, 0.25) is 0 Å². The fourth-order valence-corrected chi connectivity index (χ4v) is 2.92. The predicted octanol–water partition coefficient (Wildman–Crippen LogP) is 0.549. The van der Waals surface area contributed by atoms with Crippen LogP contribution in [-0.4, -0.2) is 33.9 Å². The van der Waals surface area contributed by atoms with Crippen LogP contribution in [0, 0.1) is 5.41 Å². The molecule has 0 bridgehead atoms. The predicted molar refractivity (Wildman–Crippen MR) is 55.9 cm³/mol. The summed E-state index contributed by atoms with van der Waals surface area (Å²) in [5.74, 6) is 0. The molecule has 2 aliphatic rings. The molecule has 5 nitrogen and oxygen atoms in total. The van der Waals surface area contributed by atoms with E-state index >= 15 is 0 Å². The van der Waals surface area contributed by atoms with Crippen molar-refractivity contribution in [1.82, 2.24) is 9.58 Å². The molecule has 1 amide bonds. The smallest absolute Gasteiger partial charge is 0.407 e. The maximum absolute atomic E-state index is 10.8. The van der Waals surface area contributed by atoms with E-state index in [0.717, 1.165) is 25.9 Å². The number of likely N-dealkylation sites (tertiary alicyclic amines) is 1. The van der Waals surface area contributed by atoms with E-state index in [2.05, 4.69) is 27.8 Å². The summed E-state index contributed by atoms with van der Waals surface area (Å²) < 4.78 is 4.47. The molecule has 2 aliphatic heterocycles. The molecule has 0 aromatic carbocycles. The zero-order valence-electron chi connectivity index (χ0n) is 9.17. The fourth-order valence-electron chi connectivity index (χ4n) is 2.92. The first kappa shape index (κ1) is 9.69. The van der Waals surface area contributed by atoms with Gasteiger partial charge in [-0.3, -0.25) is 0 Å². The van der Waals surface area contributed by atoms with Gasteiger partial charge in [0.15, 0.2) is 12.7 Å². The molecule has 0 atom stereocenters. The molecule has 1 fully saturated rings. The molecule has 0 saturated carbocycles. The maximum Gasteiger partial charge on any atom is 0.407 e. The Labute approximate surface area is 93.9 Å². The van der Waals surface area contributed by atoms with Crippen LogP contribution in [0.4, 0.5) is 4.79 Å². The standard InChI is InChI=1S/C11H15N3O2/c15-10(16)12-6-2-11(3-7-12)8-13-4-1-5-14(13)9-11/h1,4-5H,2-3,6-9H2/p+1. The van der Waals surface area contributed by atoms with Crippen molar-refractivity contribution in [3.63, 3.8) is 0 Å². The molecule has 86 valence electrons. The van der Waals surface area contributed by atoms with Crippen molar-refractivity contribution in [3.05, 3.63) is 18.5 Å². The lowest BCUT2D eigenvalue weighted by atomic mass is 9.79. The number of nitrogens with zero attached hydrogens (tertiary/aromatic N) is 3.